The van der Waals surface area contributed by atoms with Gasteiger partial charge in [0.15, 0.2) is 6.17 Å². The highest BCUT2D eigenvalue weighted by atomic mass is 19.1. The van der Waals surface area contributed by atoms with E-state index >= 15 is 0 Å². The van der Waals surface area contributed by atoms with Crippen molar-refractivity contribution in [1.82, 2.24) is 9.55 Å². The van der Waals surface area contributed by atoms with Gasteiger partial charge < -0.3 is 14.9 Å². The van der Waals surface area contributed by atoms with Crippen LogP contribution in [0.15, 0.2) is 15.8 Å². The Balaban J connectivity index is 2.63. The van der Waals surface area contributed by atoms with Crippen molar-refractivity contribution in [3.63, 3.8) is 0 Å². The topological polar surface area (TPSA) is 105 Å². The highest BCUT2D eigenvalue weighted by Gasteiger charge is 2.52. The molecular weight excluding hydrogens is 247 g/mol. The van der Waals surface area contributed by atoms with Crippen LogP contribution in [-0.4, -0.2) is 45.3 Å². The molecule has 0 aliphatic carbocycles. The number of aliphatic hydroxyl groups is 2. The van der Waals surface area contributed by atoms with Crippen molar-refractivity contribution < 1.29 is 19.3 Å². The number of nitrogens with one attached hydrogen (secondary N) is 1. The zero-order valence-corrected chi connectivity index (χ0v) is 9.59. The smallest absolute Gasteiger partial charge is 0.330 e. The largest absolute Gasteiger partial charge is 0.391 e. The van der Waals surface area contributed by atoms with Crippen LogP contribution >= 0.6 is 0 Å². The molecule has 7 nitrogen and oxygen atoms in total. The maximum atomic E-state index is 13.3. The molecule has 2 rings (SSSR count). The van der Waals surface area contributed by atoms with Gasteiger partial charge in [-0.1, -0.05) is 0 Å². The van der Waals surface area contributed by atoms with Crippen LogP contribution in [0.4, 0.5) is 4.39 Å². The van der Waals surface area contributed by atoms with Crippen molar-refractivity contribution in [2.24, 2.45) is 0 Å². The summed E-state index contributed by atoms with van der Waals surface area (Å²) in [6.07, 6.45) is -2.28. The standard InChI is InChI=1S/C10H13FN2O5/c1-5-2-13(9(17)12-8(5)16)10(4-14)7(15)6(11)3-18-10/h2,6-7,14-15H,3-4H2,1H3,(H,12,16,17)/t6-,7-,10-/m0/s1. The number of ether oxygens (including phenoxy) is 1. The quantitative estimate of drug-likeness (QED) is 0.583. The van der Waals surface area contributed by atoms with Crippen molar-refractivity contribution in [3.05, 3.63) is 32.6 Å². The zero-order valence-electron chi connectivity index (χ0n) is 9.59. The lowest BCUT2D eigenvalue weighted by molar-refractivity contribution is -0.153. The summed E-state index contributed by atoms with van der Waals surface area (Å²) in [6, 6.07) is 0. The summed E-state index contributed by atoms with van der Waals surface area (Å²) in [7, 11) is 0. The van der Waals surface area contributed by atoms with Crippen LogP contribution in [0.5, 0.6) is 0 Å². The lowest BCUT2D eigenvalue weighted by Gasteiger charge is -2.31. The third-order valence-corrected chi connectivity index (χ3v) is 3.05. The van der Waals surface area contributed by atoms with E-state index in [0.29, 0.717) is 0 Å². The fraction of sp³-hybridized carbons (Fsp3) is 0.600. The minimum atomic E-state index is -1.90. The molecule has 8 heteroatoms. The SMILES string of the molecule is Cc1cn([C@@]2(CO)OC[C@H](F)[C@@H]2O)c(=O)[nH]c1=O. The van der Waals surface area contributed by atoms with Gasteiger partial charge in [-0.3, -0.25) is 14.3 Å². The number of nitrogens with zero attached hydrogens (tertiary/aromatic N) is 1. The summed E-state index contributed by atoms with van der Waals surface area (Å²) in [4.78, 5) is 24.9. The predicted octanol–water partition coefficient (Wildman–Crippen LogP) is -1.78. The first-order valence-corrected chi connectivity index (χ1v) is 5.32. The monoisotopic (exact) mass is 260 g/mol. The molecule has 0 amide bonds. The second-order valence-corrected chi connectivity index (χ2v) is 4.22. The molecule has 1 saturated heterocycles. The van der Waals surface area contributed by atoms with Gasteiger partial charge >= 0.3 is 5.69 Å². The number of hydrogen-bond donors (Lipinski definition) is 3. The Morgan fingerprint density at radius 1 is 1.67 bits per heavy atom. The molecule has 1 aromatic heterocycles. The van der Waals surface area contributed by atoms with Gasteiger partial charge in [0.2, 0.25) is 5.72 Å². The van der Waals surface area contributed by atoms with Crippen LogP contribution in [0, 0.1) is 6.92 Å². The molecule has 0 aromatic carbocycles. The Kier molecular flexibility index (Phi) is 3.09. The first-order chi connectivity index (χ1) is 8.42. The highest BCUT2D eigenvalue weighted by molar-refractivity contribution is 5.05. The van der Waals surface area contributed by atoms with E-state index < -0.39 is 42.5 Å². The minimum Gasteiger partial charge on any atom is -0.391 e. The fourth-order valence-electron chi connectivity index (χ4n) is 1.96. The number of aliphatic hydroxyl groups excluding tert-OH is 2. The Morgan fingerprint density at radius 2 is 2.33 bits per heavy atom. The second-order valence-electron chi connectivity index (χ2n) is 4.22. The lowest BCUT2D eigenvalue weighted by Crippen LogP contribution is -2.53. The van der Waals surface area contributed by atoms with E-state index in [4.69, 9.17) is 4.74 Å². The first kappa shape index (κ1) is 12.9. The van der Waals surface area contributed by atoms with Crippen LogP contribution < -0.4 is 11.2 Å². The molecule has 1 aliphatic rings. The van der Waals surface area contributed by atoms with E-state index in [-0.39, 0.29) is 5.56 Å². The molecular formula is C10H13FN2O5. The predicted molar refractivity (Wildman–Crippen MR) is 58.0 cm³/mol. The Morgan fingerprint density at radius 3 is 2.83 bits per heavy atom. The van der Waals surface area contributed by atoms with E-state index in [1.165, 1.54) is 6.92 Å². The Bertz CT molecular complexity index is 568. The third kappa shape index (κ3) is 1.69. The van der Waals surface area contributed by atoms with E-state index in [9.17, 15) is 24.2 Å². The van der Waals surface area contributed by atoms with E-state index in [2.05, 4.69) is 0 Å². The number of aromatic nitrogens is 2. The van der Waals surface area contributed by atoms with Gasteiger partial charge in [0.1, 0.15) is 6.10 Å². The maximum absolute atomic E-state index is 13.3. The van der Waals surface area contributed by atoms with Crippen LogP contribution in [0.3, 0.4) is 0 Å². The summed E-state index contributed by atoms with van der Waals surface area (Å²) in [6.45, 7) is 0.209. The molecule has 3 atom stereocenters. The maximum Gasteiger partial charge on any atom is 0.330 e. The summed E-state index contributed by atoms with van der Waals surface area (Å²) in [5.41, 5.74) is -3.19. The number of H-pyrrole nitrogens is 1. The highest BCUT2D eigenvalue weighted by Crippen LogP contribution is 2.31. The van der Waals surface area contributed by atoms with Gasteiger partial charge in [-0.15, -0.1) is 0 Å². The first-order valence-electron chi connectivity index (χ1n) is 5.32. The van der Waals surface area contributed by atoms with Crippen LogP contribution in [-0.2, 0) is 10.5 Å². The minimum absolute atomic E-state index is 0.181. The normalized spacial score (nSPS) is 31.8. The van der Waals surface area contributed by atoms with E-state index in [0.717, 1.165) is 10.8 Å². The van der Waals surface area contributed by atoms with Gasteiger partial charge in [-0.2, -0.15) is 0 Å². The van der Waals surface area contributed by atoms with Crippen molar-refractivity contribution in [3.8, 4) is 0 Å². The third-order valence-electron chi connectivity index (χ3n) is 3.05. The van der Waals surface area contributed by atoms with Crippen molar-refractivity contribution in [1.29, 1.82) is 0 Å². The number of halogens is 1. The number of alkyl halides is 1. The average Bonchev–Trinajstić information content (AvgIpc) is 2.62. The Hall–Kier alpha value is -1.51. The molecule has 1 fully saturated rings. The average molecular weight is 260 g/mol. The summed E-state index contributed by atoms with van der Waals surface area (Å²) < 4.78 is 19.2. The molecule has 1 aromatic rings. The summed E-state index contributed by atoms with van der Waals surface area (Å²) in [5.74, 6) is 0. The van der Waals surface area contributed by atoms with Crippen LogP contribution in [0.1, 0.15) is 5.56 Å². The number of aryl methyl sites for hydroxylation is 1. The summed E-state index contributed by atoms with van der Waals surface area (Å²) >= 11 is 0. The Labute approximate surface area is 100 Å². The lowest BCUT2D eigenvalue weighted by atomic mass is 10.1. The van der Waals surface area contributed by atoms with Gasteiger partial charge in [0.25, 0.3) is 5.56 Å². The van der Waals surface area contributed by atoms with Gasteiger partial charge in [0, 0.05) is 11.8 Å². The number of hydrogen-bond acceptors (Lipinski definition) is 5. The van der Waals surface area contributed by atoms with E-state index in [1.807, 2.05) is 4.98 Å². The second kappa shape index (κ2) is 4.30. The van der Waals surface area contributed by atoms with Gasteiger partial charge in [-0.05, 0) is 6.92 Å². The molecule has 0 bridgehead atoms. The van der Waals surface area contributed by atoms with Gasteiger partial charge in [0.05, 0.1) is 13.2 Å². The van der Waals surface area contributed by atoms with E-state index in [1.54, 1.807) is 0 Å². The van der Waals surface area contributed by atoms with Crippen molar-refractivity contribution >= 4 is 0 Å². The number of rotatable bonds is 2. The number of aromatic amines is 1. The molecule has 0 saturated carbocycles. The molecule has 1 aliphatic heterocycles. The molecule has 3 N–H and O–H groups in total. The van der Waals surface area contributed by atoms with Crippen molar-refractivity contribution in [2.45, 2.75) is 24.9 Å². The fourth-order valence-corrected chi connectivity index (χ4v) is 1.96. The zero-order chi connectivity index (χ0) is 13.5. The van der Waals surface area contributed by atoms with Crippen LogP contribution in [0.25, 0.3) is 0 Å². The molecule has 0 radical (unpaired) electrons. The summed E-state index contributed by atoms with van der Waals surface area (Å²) in [5, 5.41) is 19.1. The molecule has 18 heavy (non-hydrogen) atoms. The molecule has 2 heterocycles. The van der Waals surface area contributed by atoms with Crippen molar-refractivity contribution in [2.75, 3.05) is 13.2 Å². The molecule has 100 valence electrons. The molecule has 0 unspecified atom stereocenters. The van der Waals surface area contributed by atoms with Gasteiger partial charge in [-0.25, -0.2) is 9.18 Å². The van der Waals surface area contributed by atoms with Crippen LogP contribution in [0.2, 0.25) is 0 Å². The molecule has 0 spiro atoms.